The second-order valence-corrected chi connectivity index (χ2v) is 8.30. The van der Waals surface area contributed by atoms with Gasteiger partial charge in [-0.1, -0.05) is 19.1 Å². The van der Waals surface area contributed by atoms with Crippen LogP contribution in [0.3, 0.4) is 0 Å². The third kappa shape index (κ3) is 3.85. The van der Waals surface area contributed by atoms with Gasteiger partial charge in [0.15, 0.2) is 0 Å². The summed E-state index contributed by atoms with van der Waals surface area (Å²) in [5.41, 5.74) is 6.73. The zero-order valence-corrected chi connectivity index (χ0v) is 14.5. The van der Waals surface area contributed by atoms with E-state index in [2.05, 4.69) is 10.3 Å². The molecular weight excluding hydrogens is 302 g/mol. The zero-order valence-electron chi connectivity index (χ0n) is 13.7. The van der Waals surface area contributed by atoms with Crippen LogP contribution in [0.4, 0.5) is 0 Å². The number of aromatic nitrogens is 3. The van der Waals surface area contributed by atoms with Gasteiger partial charge in [-0.15, -0.1) is 5.10 Å². The van der Waals surface area contributed by atoms with Gasteiger partial charge in [0.25, 0.3) is 0 Å². The van der Waals surface area contributed by atoms with Crippen LogP contribution in [-0.4, -0.2) is 47.1 Å². The monoisotopic (exact) mass is 329 g/mol. The molecule has 2 rings (SSSR count). The zero-order chi connectivity index (χ0) is 16.4. The Morgan fingerprint density at radius 1 is 1.41 bits per heavy atom. The molecule has 1 fully saturated rings. The standard InChI is InChI=1S/C14H27N5O2S/c1-4-14(15,5-2)13-11-18(17-16-13)9-12-7-6-8-19(10-12)22(3,20)21/h11-12H,4-10,15H2,1-3H3. The number of piperidine rings is 1. The molecule has 0 spiro atoms. The second kappa shape index (κ2) is 6.64. The summed E-state index contributed by atoms with van der Waals surface area (Å²) >= 11 is 0. The van der Waals surface area contributed by atoms with Crippen LogP contribution in [-0.2, 0) is 22.1 Å². The highest BCUT2D eigenvalue weighted by Crippen LogP contribution is 2.24. The van der Waals surface area contributed by atoms with Gasteiger partial charge in [-0.25, -0.2) is 12.7 Å². The summed E-state index contributed by atoms with van der Waals surface area (Å²) in [7, 11) is -3.11. The van der Waals surface area contributed by atoms with E-state index in [9.17, 15) is 8.42 Å². The summed E-state index contributed by atoms with van der Waals surface area (Å²) in [6, 6.07) is 0. The molecule has 7 nitrogen and oxygen atoms in total. The number of hydrogen-bond donors (Lipinski definition) is 1. The maximum Gasteiger partial charge on any atom is 0.211 e. The molecule has 0 radical (unpaired) electrons. The molecule has 1 aromatic rings. The molecule has 0 bridgehead atoms. The van der Waals surface area contributed by atoms with Crippen LogP contribution in [0, 0.1) is 5.92 Å². The first-order valence-electron chi connectivity index (χ1n) is 7.93. The number of nitrogens with two attached hydrogens (primary N) is 1. The van der Waals surface area contributed by atoms with Crippen molar-refractivity contribution in [3.05, 3.63) is 11.9 Å². The predicted molar refractivity (Wildman–Crippen MR) is 85.6 cm³/mol. The van der Waals surface area contributed by atoms with Gasteiger partial charge in [0.05, 0.1) is 18.0 Å². The maximum atomic E-state index is 11.7. The molecule has 8 heteroatoms. The van der Waals surface area contributed by atoms with Gasteiger partial charge >= 0.3 is 0 Å². The smallest absolute Gasteiger partial charge is 0.211 e. The fourth-order valence-corrected chi connectivity index (χ4v) is 3.91. The van der Waals surface area contributed by atoms with Gasteiger partial charge in [0.2, 0.25) is 10.0 Å². The van der Waals surface area contributed by atoms with E-state index >= 15 is 0 Å². The molecule has 1 atom stereocenters. The topological polar surface area (TPSA) is 94.1 Å². The van der Waals surface area contributed by atoms with Crippen LogP contribution < -0.4 is 5.73 Å². The Bertz CT molecular complexity index is 594. The summed E-state index contributed by atoms with van der Waals surface area (Å²) in [6.45, 7) is 5.96. The van der Waals surface area contributed by atoms with Crippen LogP contribution in [0.2, 0.25) is 0 Å². The van der Waals surface area contributed by atoms with E-state index in [4.69, 9.17) is 5.73 Å². The predicted octanol–water partition coefficient (Wildman–Crippen LogP) is 0.924. The van der Waals surface area contributed by atoms with Crippen molar-refractivity contribution in [3.63, 3.8) is 0 Å². The Hall–Kier alpha value is -0.990. The van der Waals surface area contributed by atoms with E-state index in [1.807, 2.05) is 20.0 Å². The Balaban J connectivity index is 2.04. The Kier molecular flexibility index (Phi) is 5.24. The summed E-state index contributed by atoms with van der Waals surface area (Å²) in [4.78, 5) is 0. The van der Waals surface area contributed by atoms with E-state index in [1.165, 1.54) is 6.26 Å². The van der Waals surface area contributed by atoms with Crippen molar-refractivity contribution in [2.45, 2.75) is 51.6 Å². The number of rotatable bonds is 6. The first-order chi connectivity index (χ1) is 10.3. The largest absolute Gasteiger partial charge is 0.320 e. The first kappa shape index (κ1) is 17.4. The summed E-state index contributed by atoms with van der Waals surface area (Å²) < 4.78 is 26.7. The minimum Gasteiger partial charge on any atom is -0.320 e. The van der Waals surface area contributed by atoms with E-state index < -0.39 is 15.6 Å². The van der Waals surface area contributed by atoms with Gasteiger partial charge in [-0.3, -0.25) is 4.68 Å². The fourth-order valence-electron chi connectivity index (χ4n) is 2.97. The highest BCUT2D eigenvalue weighted by molar-refractivity contribution is 7.88. The molecule has 1 aliphatic rings. The van der Waals surface area contributed by atoms with Crippen LogP contribution in [0.1, 0.15) is 45.2 Å². The summed E-state index contributed by atoms with van der Waals surface area (Å²) in [6.07, 6.45) is 6.71. The molecule has 0 amide bonds. The lowest BCUT2D eigenvalue weighted by Gasteiger charge is -2.30. The van der Waals surface area contributed by atoms with E-state index in [-0.39, 0.29) is 5.92 Å². The molecule has 0 aromatic carbocycles. The van der Waals surface area contributed by atoms with E-state index in [0.717, 1.165) is 31.4 Å². The van der Waals surface area contributed by atoms with Crippen molar-refractivity contribution in [1.82, 2.24) is 19.3 Å². The molecule has 126 valence electrons. The molecule has 1 saturated heterocycles. The first-order valence-corrected chi connectivity index (χ1v) is 9.78. The highest BCUT2D eigenvalue weighted by atomic mass is 32.2. The van der Waals surface area contributed by atoms with Gasteiger partial charge in [0.1, 0.15) is 5.69 Å². The normalized spacial score (nSPS) is 21.2. The fraction of sp³-hybridized carbons (Fsp3) is 0.857. The van der Waals surface area contributed by atoms with Crippen molar-refractivity contribution in [2.75, 3.05) is 19.3 Å². The summed E-state index contributed by atoms with van der Waals surface area (Å²) in [5, 5.41) is 8.40. The van der Waals surface area contributed by atoms with Crippen LogP contribution in [0.15, 0.2) is 6.20 Å². The third-order valence-corrected chi connectivity index (χ3v) is 5.98. The maximum absolute atomic E-state index is 11.7. The molecule has 1 aromatic heterocycles. The minimum atomic E-state index is -3.11. The summed E-state index contributed by atoms with van der Waals surface area (Å²) in [5.74, 6) is 0.272. The molecule has 2 heterocycles. The highest BCUT2D eigenvalue weighted by Gasteiger charge is 2.29. The van der Waals surface area contributed by atoms with Gasteiger partial charge in [-0.05, 0) is 31.6 Å². The molecule has 1 aliphatic heterocycles. The Morgan fingerprint density at radius 3 is 2.68 bits per heavy atom. The molecule has 0 aliphatic carbocycles. The number of hydrogen-bond acceptors (Lipinski definition) is 5. The lowest BCUT2D eigenvalue weighted by atomic mass is 9.91. The molecular formula is C14H27N5O2S. The Labute approximate surface area is 132 Å². The lowest BCUT2D eigenvalue weighted by Crippen LogP contribution is -2.40. The van der Waals surface area contributed by atoms with E-state index in [1.54, 1.807) is 8.99 Å². The SMILES string of the molecule is CCC(N)(CC)c1cn(CC2CCCN(S(C)(=O)=O)C2)nn1. The van der Waals surface area contributed by atoms with Gasteiger partial charge in [-0.2, -0.15) is 0 Å². The lowest BCUT2D eigenvalue weighted by molar-refractivity contribution is 0.239. The van der Waals surface area contributed by atoms with Crippen LogP contribution in [0.5, 0.6) is 0 Å². The number of nitrogens with zero attached hydrogens (tertiary/aromatic N) is 4. The van der Waals surface area contributed by atoms with Crippen LogP contribution >= 0.6 is 0 Å². The number of sulfonamides is 1. The van der Waals surface area contributed by atoms with E-state index in [0.29, 0.717) is 19.6 Å². The van der Waals surface area contributed by atoms with Crippen molar-refractivity contribution in [3.8, 4) is 0 Å². The van der Waals surface area contributed by atoms with Gasteiger partial charge < -0.3 is 5.73 Å². The third-order valence-electron chi connectivity index (χ3n) is 4.71. The molecule has 2 N–H and O–H groups in total. The average Bonchev–Trinajstić information content (AvgIpc) is 2.95. The van der Waals surface area contributed by atoms with Gasteiger partial charge in [0, 0.05) is 19.6 Å². The second-order valence-electron chi connectivity index (χ2n) is 6.32. The Morgan fingerprint density at radius 2 is 2.09 bits per heavy atom. The molecule has 22 heavy (non-hydrogen) atoms. The van der Waals surface area contributed by atoms with Crippen molar-refractivity contribution in [1.29, 1.82) is 0 Å². The van der Waals surface area contributed by atoms with Crippen LogP contribution in [0.25, 0.3) is 0 Å². The molecule has 1 unspecified atom stereocenters. The molecule has 0 saturated carbocycles. The quantitative estimate of drug-likeness (QED) is 0.837. The van der Waals surface area contributed by atoms with Crippen molar-refractivity contribution < 1.29 is 8.42 Å². The van der Waals surface area contributed by atoms with Crippen molar-refractivity contribution in [2.24, 2.45) is 11.7 Å². The minimum absolute atomic E-state index is 0.272. The van der Waals surface area contributed by atoms with Crippen molar-refractivity contribution >= 4 is 10.0 Å². The average molecular weight is 329 g/mol.